The fraction of sp³-hybridized carbons (Fsp3) is 0.233. The normalized spacial score (nSPS) is 12.0. The van der Waals surface area contributed by atoms with Gasteiger partial charge in [0.15, 0.2) is 5.88 Å². The topological polar surface area (TPSA) is 149 Å². The average Bonchev–Trinajstić information content (AvgIpc) is 2.97. The molecule has 0 spiro atoms. The van der Waals surface area contributed by atoms with Crippen LogP contribution in [0.1, 0.15) is 0 Å². The Morgan fingerprint density at radius 3 is 2.34 bits per heavy atom. The second-order valence-electron chi connectivity index (χ2n) is 8.73. The second-order valence-corrected chi connectivity index (χ2v) is 8.73. The van der Waals surface area contributed by atoms with Gasteiger partial charge in [-0.1, -0.05) is 30.3 Å². The van der Waals surface area contributed by atoms with Crippen molar-refractivity contribution in [3.63, 3.8) is 0 Å². The first-order chi connectivity index (χ1) is 19.9. The lowest BCUT2D eigenvalue weighted by atomic mass is 10.3. The Labute approximate surface area is 240 Å². The molecule has 41 heavy (non-hydrogen) atoms. The summed E-state index contributed by atoms with van der Waals surface area (Å²) in [7, 11) is 3.56. The second kappa shape index (κ2) is 17.1. The number of carbonyl (C=O) groups excluding carboxylic acids is 1. The molecule has 0 unspecified atom stereocenters. The number of ether oxygens (including phenoxy) is 3. The summed E-state index contributed by atoms with van der Waals surface area (Å²) in [4.78, 5) is 23.0. The largest absolute Gasteiger partial charge is 0.457 e. The third-order valence-corrected chi connectivity index (χ3v) is 5.38. The van der Waals surface area contributed by atoms with Crippen molar-refractivity contribution < 1.29 is 19.0 Å². The molecule has 0 radical (unpaired) electrons. The molecule has 1 aromatic heterocycles. The van der Waals surface area contributed by atoms with Crippen molar-refractivity contribution in [1.29, 1.82) is 0 Å². The molecular weight excluding hydrogens is 522 g/mol. The van der Waals surface area contributed by atoms with E-state index in [0.29, 0.717) is 55.3 Å². The zero-order valence-corrected chi connectivity index (χ0v) is 23.3. The molecule has 0 aliphatic carbocycles. The first-order valence-corrected chi connectivity index (χ1v) is 13.1. The zero-order chi connectivity index (χ0) is 29.3. The SMILES string of the molecule is CN=C(/C=C(\N)Oc1ccc(Oc2ccccc2)cc1)Nc1cccc(NC(=O)/C=C/CN(C)CCOCCN)n1. The minimum Gasteiger partial charge on any atom is -0.457 e. The molecule has 3 rings (SSSR count). The minimum atomic E-state index is -0.287. The number of rotatable bonds is 15. The maximum atomic E-state index is 12.3. The zero-order valence-electron chi connectivity index (χ0n) is 23.3. The van der Waals surface area contributed by atoms with E-state index in [9.17, 15) is 4.79 Å². The molecule has 0 fully saturated rings. The summed E-state index contributed by atoms with van der Waals surface area (Å²) in [6.45, 7) is 2.97. The molecule has 0 saturated carbocycles. The molecule has 2 aromatic carbocycles. The molecule has 3 aromatic rings. The molecule has 1 amide bonds. The van der Waals surface area contributed by atoms with Crippen LogP contribution in [-0.4, -0.2) is 68.6 Å². The highest BCUT2D eigenvalue weighted by Crippen LogP contribution is 2.24. The van der Waals surface area contributed by atoms with Crippen molar-refractivity contribution in [2.24, 2.45) is 16.5 Å². The van der Waals surface area contributed by atoms with Crippen LogP contribution in [0.2, 0.25) is 0 Å². The summed E-state index contributed by atoms with van der Waals surface area (Å²) < 4.78 is 16.9. The first kappa shape index (κ1) is 30.8. The smallest absolute Gasteiger partial charge is 0.249 e. The van der Waals surface area contributed by atoms with Crippen LogP contribution in [0.4, 0.5) is 11.6 Å². The summed E-state index contributed by atoms with van der Waals surface area (Å²) in [6, 6.07) is 21.8. The molecule has 11 nitrogen and oxygen atoms in total. The number of nitrogens with two attached hydrogens (primary N) is 2. The van der Waals surface area contributed by atoms with Crippen molar-refractivity contribution >= 4 is 23.4 Å². The predicted octanol–water partition coefficient (Wildman–Crippen LogP) is 3.60. The number of amides is 1. The number of para-hydroxylation sites is 1. The van der Waals surface area contributed by atoms with Crippen molar-refractivity contribution in [3.8, 4) is 17.2 Å². The van der Waals surface area contributed by atoms with Gasteiger partial charge in [-0.15, -0.1) is 0 Å². The van der Waals surface area contributed by atoms with Gasteiger partial charge in [-0.3, -0.25) is 9.79 Å². The maximum Gasteiger partial charge on any atom is 0.249 e. The molecule has 0 saturated heterocycles. The van der Waals surface area contributed by atoms with Gasteiger partial charge in [0.2, 0.25) is 5.91 Å². The van der Waals surface area contributed by atoms with Gasteiger partial charge in [-0.25, -0.2) is 4.98 Å². The quantitative estimate of drug-likeness (QED) is 0.0720. The number of carbonyl (C=O) groups is 1. The van der Waals surface area contributed by atoms with Gasteiger partial charge in [-0.2, -0.15) is 0 Å². The van der Waals surface area contributed by atoms with Crippen LogP contribution in [-0.2, 0) is 9.53 Å². The number of hydrogen-bond acceptors (Lipinski definition) is 9. The molecule has 0 bridgehead atoms. The third-order valence-electron chi connectivity index (χ3n) is 5.38. The fourth-order valence-electron chi connectivity index (χ4n) is 3.37. The molecular formula is C30H37N7O4. The highest BCUT2D eigenvalue weighted by atomic mass is 16.5. The van der Waals surface area contributed by atoms with E-state index in [4.69, 9.17) is 25.7 Å². The number of aliphatic imine (C=N–C) groups is 1. The van der Waals surface area contributed by atoms with Gasteiger partial charge in [0.05, 0.1) is 13.2 Å². The number of amidine groups is 1. The van der Waals surface area contributed by atoms with Gasteiger partial charge in [0.25, 0.3) is 0 Å². The highest BCUT2D eigenvalue weighted by Gasteiger charge is 2.06. The Kier molecular flexibility index (Phi) is 12.8. The van der Waals surface area contributed by atoms with Gasteiger partial charge < -0.3 is 41.2 Å². The van der Waals surface area contributed by atoms with E-state index in [0.717, 1.165) is 12.3 Å². The number of nitrogens with zero attached hydrogens (tertiary/aromatic N) is 3. The number of likely N-dealkylation sites (N-methyl/N-ethyl adjacent to an activating group) is 1. The molecule has 216 valence electrons. The number of anilines is 2. The molecule has 6 N–H and O–H groups in total. The van der Waals surface area contributed by atoms with Crippen LogP contribution in [0.15, 0.2) is 102 Å². The Hall–Kier alpha value is -4.71. The van der Waals surface area contributed by atoms with Gasteiger partial charge in [0, 0.05) is 38.8 Å². The number of aromatic nitrogens is 1. The van der Waals surface area contributed by atoms with Crippen molar-refractivity contribution in [2.75, 3.05) is 57.6 Å². The van der Waals surface area contributed by atoms with E-state index in [1.807, 2.05) is 42.3 Å². The van der Waals surface area contributed by atoms with E-state index in [1.165, 1.54) is 6.08 Å². The van der Waals surface area contributed by atoms with Gasteiger partial charge in [-0.05, 0) is 55.6 Å². The maximum absolute atomic E-state index is 12.3. The number of pyridine rings is 1. The van der Waals surface area contributed by atoms with Crippen molar-refractivity contribution in [3.05, 3.63) is 96.9 Å². The summed E-state index contributed by atoms with van der Waals surface area (Å²) >= 11 is 0. The van der Waals surface area contributed by atoms with Crippen molar-refractivity contribution in [2.45, 2.75) is 0 Å². The monoisotopic (exact) mass is 559 g/mol. The molecule has 11 heteroatoms. The van der Waals surface area contributed by atoms with Gasteiger partial charge >= 0.3 is 0 Å². The van der Waals surface area contributed by atoms with E-state index in [1.54, 1.807) is 61.7 Å². The van der Waals surface area contributed by atoms with Crippen LogP contribution >= 0.6 is 0 Å². The number of hydrogen-bond donors (Lipinski definition) is 4. The number of nitrogens with one attached hydrogen (secondary N) is 2. The van der Waals surface area contributed by atoms with Crippen LogP contribution in [0.3, 0.4) is 0 Å². The standard InChI is InChI=1S/C30H37N7O4/c1-33-29(22-26(32)41-25-15-13-24(14-16-25)40-23-8-4-3-5-9-23)35-27-10-6-11-28(34-27)36-30(38)12-7-18-37(2)19-21-39-20-17-31/h3-16,22H,17-21,31-32H2,1-2H3,(H2,33,34,35,36,38)/b12-7+,26-22+. The van der Waals surface area contributed by atoms with E-state index >= 15 is 0 Å². The average molecular weight is 560 g/mol. The van der Waals surface area contributed by atoms with Crippen molar-refractivity contribution in [1.82, 2.24) is 9.88 Å². The van der Waals surface area contributed by atoms with E-state index < -0.39 is 0 Å². The van der Waals surface area contributed by atoms with Gasteiger partial charge in [0.1, 0.15) is 34.7 Å². The lowest BCUT2D eigenvalue weighted by molar-refractivity contribution is -0.111. The van der Waals surface area contributed by atoms with Crippen LogP contribution in [0, 0.1) is 0 Å². The van der Waals surface area contributed by atoms with Crippen LogP contribution in [0.5, 0.6) is 17.2 Å². The summed E-state index contributed by atoms with van der Waals surface area (Å²) in [5, 5.41) is 5.82. The molecule has 0 aliphatic heterocycles. The third kappa shape index (κ3) is 11.9. The predicted molar refractivity (Wildman–Crippen MR) is 162 cm³/mol. The molecule has 0 atom stereocenters. The number of benzene rings is 2. The first-order valence-electron chi connectivity index (χ1n) is 13.1. The summed E-state index contributed by atoms with van der Waals surface area (Å²) in [5.74, 6) is 3.06. The van der Waals surface area contributed by atoms with E-state index in [-0.39, 0.29) is 11.8 Å². The summed E-state index contributed by atoms with van der Waals surface area (Å²) in [5.41, 5.74) is 11.5. The lowest BCUT2D eigenvalue weighted by Crippen LogP contribution is -2.24. The Morgan fingerprint density at radius 2 is 1.63 bits per heavy atom. The fourth-order valence-corrected chi connectivity index (χ4v) is 3.37. The van der Waals surface area contributed by atoms with Crippen LogP contribution < -0.4 is 31.6 Å². The highest BCUT2D eigenvalue weighted by molar-refractivity contribution is 6.03. The lowest BCUT2D eigenvalue weighted by Gasteiger charge is -2.13. The minimum absolute atomic E-state index is 0.125. The van der Waals surface area contributed by atoms with E-state index in [2.05, 4.69) is 20.6 Å². The molecule has 1 heterocycles. The Bertz CT molecular complexity index is 1310. The Balaban J connectivity index is 1.49. The summed E-state index contributed by atoms with van der Waals surface area (Å²) in [6.07, 6.45) is 4.79. The van der Waals surface area contributed by atoms with Crippen LogP contribution in [0.25, 0.3) is 0 Å². The Morgan fingerprint density at radius 1 is 0.951 bits per heavy atom. The molecule has 0 aliphatic rings.